The van der Waals surface area contributed by atoms with Crippen molar-refractivity contribution in [3.63, 3.8) is 0 Å². The number of thiocarbonyl (C=S) groups is 1. The van der Waals surface area contributed by atoms with Gasteiger partial charge in [0.2, 0.25) is 0 Å². The molecule has 0 aliphatic carbocycles. The number of benzene rings is 1. The molecule has 0 aromatic heterocycles. The number of carbonyl (C=O) groups excluding carboxylic acids is 1. The zero-order valence-electron chi connectivity index (χ0n) is 9.38. The first-order valence-corrected chi connectivity index (χ1v) is 5.92. The predicted molar refractivity (Wildman–Crippen MR) is 74.4 cm³/mol. The van der Waals surface area contributed by atoms with Crippen molar-refractivity contribution in [2.75, 3.05) is 14.1 Å². The number of carbonyl (C=O) groups is 1. The SMILES string of the molecule is CN(C)C(=S)C[C@H](S)C(=O)c1ccccc1. The minimum atomic E-state index is -0.364. The molecule has 0 saturated heterocycles. The third kappa shape index (κ3) is 3.61. The molecule has 0 aliphatic heterocycles. The molecule has 4 heteroatoms. The number of thiol groups is 1. The van der Waals surface area contributed by atoms with Crippen molar-refractivity contribution in [1.82, 2.24) is 4.90 Å². The lowest BCUT2D eigenvalue weighted by atomic mass is 10.1. The number of hydrogen-bond donors (Lipinski definition) is 1. The highest BCUT2D eigenvalue weighted by atomic mass is 32.1. The van der Waals surface area contributed by atoms with Crippen molar-refractivity contribution < 1.29 is 4.79 Å². The van der Waals surface area contributed by atoms with Crippen LogP contribution in [0.3, 0.4) is 0 Å². The van der Waals surface area contributed by atoms with E-state index in [0.29, 0.717) is 12.0 Å². The fourth-order valence-corrected chi connectivity index (χ4v) is 1.85. The largest absolute Gasteiger partial charge is 0.372 e. The van der Waals surface area contributed by atoms with Crippen molar-refractivity contribution >= 4 is 35.6 Å². The maximum atomic E-state index is 11.9. The summed E-state index contributed by atoms with van der Waals surface area (Å²) < 4.78 is 0. The molecule has 0 heterocycles. The zero-order chi connectivity index (χ0) is 12.1. The standard InChI is InChI=1S/C12H15NOS2/c1-13(2)11(16)8-10(15)12(14)9-6-4-3-5-7-9/h3-7,10,15H,8H2,1-2H3/t10-/m0/s1. The molecule has 0 aliphatic rings. The van der Waals surface area contributed by atoms with E-state index in [1.54, 1.807) is 12.1 Å². The zero-order valence-corrected chi connectivity index (χ0v) is 11.1. The molecule has 0 radical (unpaired) electrons. The quantitative estimate of drug-likeness (QED) is 0.506. The van der Waals surface area contributed by atoms with Crippen LogP contribution in [0, 0.1) is 0 Å². The Morgan fingerprint density at radius 3 is 2.44 bits per heavy atom. The van der Waals surface area contributed by atoms with Crippen LogP contribution in [0.1, 0.15) is 16.8 Å². The van der Waals surface area contributed by atoms with E-state index in [-0.39, 0.29) is 11.0 Å². The van der Waals surface area contributed by atoms with Crippen molar-refractivity contribution in [3.8, 4) is 0 Å². The van der Waals surface area contributed by atoms with Gasteiger partial charge in [0, 0.05) is 26.1 Å². The molecule has 1 aromatic rings. The predicted octanol–water partition coefficient (Wildman–Crippen LogP) is 2.45. The van der Waals surface area contributed by atoms with Gasteiger partial charge in [0.1, 0.15) is 0 Å². The summed E-state index contributed by atoms with van der Waals surface area (Å²) in [7, 11) is 3.74. The fourth-order valence-electron chi connectivity index (χ4n) is 1.24. The van der Waals surface area contributed by atoms with E-state index in [9.17, 15) is 4.79 Å². The average molecular weight is 253 g/mol. The number of nitrogens with zero attached hydrogens (tertiary/aromatic N) is 1. The molecule has 1 rings (SSSR count). The monoisotopic (exact) mass is 253 g/mol. The van der Waals surface area contributed by atoms with Gasteiger partial charge in [-0.15, -0.1) is 0 Å². The topological polar surface area (TPSA) is 20.3 Å². The molecule has 0 amide bonds. The van der Waals surface area contributed by atoms with Gasteiger partial charge in [-0.05, 0) is 0 Å². The van der Waals surface area contributed by atoms with E-state index in [4.69, 9.17) is 12.2 Å². The van der Waals surface area contributed by atoms with Crippen LogP contribution < -0.4 is 0 Å². The Morgan fingerprint density at radius 2 is 1.94 bits per heavy atom. The van der Waals surface area contributed by atoms with Gasteiger partial charge in [-0.3, -0.25) is 4.79 Å². The van der Waals surface area contributed by atoms with Crippen LogP contribution >= 0.6 is 24.8 Å². The Morgan fingerprint density at radius 1 is 1.38 bits per heavy atom. The van der Waals surface area contributed by atoms with Crippen molar-refractivity contribution in [2.24, 2.45) is 0 Å². The van der Waals surface area contributed by atoms with E-state index >= 15 is 0 Å². The molecular weight excluding hydrogens is 238 g/mol. The second-order valence-electron chi connectivity index (χ2n) is 3.74. The normalized spacial score (nSPS) is 11.9. The van der Waals surface area contributed by atoms with E-state index in [1.165, 1.54) is 0 Å². The van der Waals surface area contributed by atoms with E-state index in [2.05, 4.69) is 12.6 Å². The molecule has 0 bridgehead atoms. The average Bonchev–Trinajstić information content (AvgIpc) is 2.28. The van der Waals surface area contributed by atoms with Crippen LogP contribution in [0.15, 0.2) is 30.3 Å². The number of hydrogen-bond acceptors (Lipinski definition) is 3. The van der Waals surface area contributed by atoms with Gasteiger partial charge in [-0.2, -0.15) is 12.6 Å². The van der Waals surface area contributed by atoms with Gasteiger partial charge in [0.15, 0.2) is 5.78 Å². The van der Waals surface area contributed by atoms with Crippen molar-refractivity contribution in [3.05, 3.63) is 35.9 Å². The van der Waals surface area contributed by atoms with Crippen LogP contribution in [-0.4, -0.2) is 35.0 Å². The summed E-state index contributed by atoms with van der Waals surface area (Å²) in [6.45, 7) is 0. The number of Topliss-reactive ketones (excluding diaryl/α,β-unsaturated/α-hetero) is 1. The maximum absolute atomic E-state index is 11.9. The summed E-state index contributed by atoms with van der Waals surface area (Å²) in [5, 5.41) is -0.364. The van der Waals surface area contributed by atoms with Gasteiger partial charge in [0.25, 0.3) is 0 Å². The van der Waals surface area contributed by atoms with E-state index < -0.39 is 0 Å². The molecule has 0 fully saturated rings. The first-order chi connectivity index (χ1) is 7.52. The summed E-state index contributed by atoms with van der Waals surface area (Å²) in [5.41, 5.74) is 0.684. The molecule has 0 N–H and O–H groups in total. The first-order valence-electron chi connectivity index (χ1n) is 5.00. The van der Waals surface area contributed by atoms with Crippen LogP contribution in [0.2, 0.25) is 0 Å². The fraction of sp³-hybridized carbons (Fsp3) is 0.333. The Hall–Kier alpha value is -0.870. The van der Waals surface area contributed by atoms with Crippen LogP contribution in [0.4, 0.5) is 0 Å². The smallest absolute Gasteiger partial charge is 0.175 e. The van der Waals surface area contributed by atoms with Crippen LogP contribution in [0.5, 0.6) is 0 Å². The molecule has 86 valence electrons. The van der Waals surface area contributed by atoms with Crippen molar-refractivity contribution in [1.29, 1.82) is 0 Å². The lowest BCUT2D eigenvalue weighted by molar-refractivity contribution is 0.0991. The Kier molecular flexibility index (Phi) is 4.96. The van der Waals surface area contributed by atoms with Gasteiger partial charge in [0.05, 0.1) is 10.2 Å². The van der Waals surface area contributed by atoms with E-state index in [1.807, 2.05) is 37.2 Å². The molecule has 0 saturated carbocycles. The third-order valence-electron chi connectivity index (χ3n) is 2.23. The van der Waals surface area contributed by atoms with Gasteiger partial charge in [-0.25, -0.2) is 0 Å². The summed E-state index contributed by atoms with van der Waals surface area (Å²) >= 11 is 9.45. The van der Waals surface area contributed by atoms with E-state index in [0.717, 1.165) is 4.99 Å². The third-order valence-corrected chi connectivity index (χ3v) is 3.18. The van der Waals surface area contributed by atoms with Gasteiger partial charge < -0.3 is 4.90 Å². The Labute approximate surface area is 107 Å². The maximum Gasteiger partial charge on any atom is 0.175 e. The summed E-state index contributed by atoms with van der Waals surface area (Å²) in [4.78, 5) is 14.5. The number of ketones is 1. The number of rotatable bonds is 4. The molecule has 1 aromatic carbocycles. The lowest BCUT2D eigenvalue weighted by Crippen LogP contribution is -2.26. The summed E-state index contributed by atoms with van der Waals surface area (Å²) in [6.07, 6.45) is 0.499. The van der Waals surface area contributed by atoms with Crippen LogP contribution in [-0.2, 0) is 0 Å². The second-order valence-corrected chi connectivity index (χ2v) is 4.83. The molecule has 0 unspecified atom stereocenters. The highest BCUT2D eigenvalue weighted by Gasteiger charge is 2.18. The van der Waals surface area contributed by atoms with Gasteiger partial charge >= 0.3 is 0 Å². The minimum absolute atomic E-state index is 0.0214. The summed E-state index contributed by atoms with van der Waals surface area (Å²) in [5.74, 6) is 0.0214. The molecule has 16 heavy (non-hydrogen) atoms. The highest BCUT2D eigenvalue weighted by molar-refractivity contribution is 7.82. The Balaban J connectivity index is 2.65. The second kappa shape index (κ2) is 6.01. The minimum Gasteiger partial charge on any atom is -0.372 e. The molecule has 2 nitrogen and oxygen atoms in total. The summed E-state index contributed by atoms with van der Waals surface area (Å²) in [6, 6.07) is 9.17. The first kappa shape index (κ1) is 13.2. The van der Waals surface area contributed by atoms with Gasteiger partial charge in [-0.1, -0.05) is 42.5 Å². The molecule has 1 atom stereocenters. The van der Waals surface area contributed by atoms with Crippen molar-refractivity contribution in [2.45, 2.75) is 11.7 Å². The lowest BCUT2D eigenvalue weighted by Gasteiger charge is -2.16. The Bertz CT molecular complexity index is 376. The molecular formula is C12H15NOS2. The highest BCUT2D eigenvalue weighted by Crippen LogP contribution is 2.12. The van der Waals surface area contributed by atoms with Crippen LogP contribution in [0.25, 0.3) is 0 Å². The molecule has 0 spiro atoms.